The topological polar surface area (TPSA) is 23.8 Å². The van der Waals surface area contributed by atoms with E-state index in [0.717, 1.165) is 9.79 Å². The van der Waals surface area contributed by atoms with Crippen molar-refractivity contribution in [1.29, 1.82) is 5.26 Å². The van der Waals surface area contributed by atoms with Gasteiger partial charge < -0.3 is 0 Å². The summed E-state index contributed by atoms with van der Waals surface area (Å²) in [5.41, 5.74) is 0.499. The third-order valence-electron chi connectivity index (χ3n) is 2.11. The maximum Gasteiger partial charge on any atom is 0.102 e. The number of nitrogens with zero attached hydrogens (tertiary/aromatic N) is 1. The lowest BCUT2D eigenvalue weighted by molar-refractivity contribution is 1.35. The van der Waals surface area contributed by atoms with Crippen molar-refractivity contribution >= 4 is 35.0 Å². The fourth-order valence-electron chi connectivity index (χ4n) is 1.36. The third kappa shape index (κ3) is 2.95. The van der Waals surface area contributed by atoms with Crippen LogP contribution < -0.4 is 0 Å². The van der Waals surface area contributed by atoms with Crippen molar-refractivity contribution in [3.05, 3.63) is 58.1 Å². The predicted octanol–water partition coefficient (Wildman–Crippen LogP) is 5.02. The number of nitriles is 1. The molecule has 2 rings (SSSR count). The van der Waals surface area contributed by atoms with Crippen molar-refractivity contribution in [2.24, 2.45) is 0 Å². The van der Waals surface area contributed by atoms with Gasteiger partial charge in [-0.3, -0.25) is 0 Å². The number of hydrogen-bond donors (Lipinski definition) is 0. The minimum Gasteiger partial charge on any atom is -0.192 e. The first kappa shape index (κ1) is 12.3. The van der Waals surface area contributed by atoms with Gasteiger partial charge in [0, 0.05) is 14.8 Å². The average Bonchev–Trinajstić information content (AvgIpc) is 2.29. The molecule has 0 heterocycles. The zero-order chi connectivity index (χ0) is 12.3. The second-order valence-electron chi connectivity index (χ2n) is 3.28. The molecule has 0 spiro atoms. The number of hydrogen-bond acceptors (Lipinski definition) is 2. The summed E-state index contributed by atoms with van der Waals surface area (Å²) in [6, 6.07) is 15.0. The largest absolute Gasteiger partial charge is 0.192 e. The zero-order valence-corrected chi connectivity index (χ0v) is 11.0. The van der Waals surface area contributed by atoms with Gasteiger partial charge in [0.25, 0.3) is 0 Å². The van der Waals surface area contributed by atoms with E-state index < -0.39 is 0 Å². The number of rotatable bonds is 2. The first-order valence-electron chi connectivity index (χ1n) is 4.83. The summed E-state index contributed by atoms with van der Waals surface area (Å²) in [6.45, 7) is 0. The van der Waals surface area contributed by atoms with Gasteiger partial charge in [-0.15, -0.1) is 0 Å². The molecule has 0 saturated heterocycles. The van der Waals surface area contributed by atoms with Crippen molar-refractivity contribution < 1.29 is 0 Å². The molecule has 0 aliphatic carbocycles. The second kappa shape index (κ2) is 5.46. The molecule has 0 atom stereocenters. The Morgan fingerprint density at radius 3 is 2.53 bits per heavy atom. The Kier molecular flexibility index (Phi) is 3.96. The monoisotopic (exact) mass is 279 g/mol. The predicted molar refractivity (Wildman–Crippen MR) is 71.7 cm³/mol. The molecule has 0 amide bonds. The Bertz CT molecular complexity index is 590. The molecule has 0 fully saturated rings. The summed E-state index contributed by atoms with van der Waals surface area (Å²) in [4.78, 5) is 1.82. The van der Waals surface area contributed by atoms with Crippen molar-refractivity contribution in [3.8, 4) is 6.07 Å². The summed E-state index contributed by atoms with van der Waals surface area (Å²) < 4.78 is 0. The molecule has 0 aliphatic heterocycles. The van der Waals surface area contributed by atoms with Crippen LogP contribution in [0.25, 0.3) is 0 Å². The molecule has 4 heteroatoms. The van der Waals surface area contributed by atoms with Gasteiger partial charge in [-0.2, -0.15) is 5.26 Å². The Labute approximate surface area is 114 Å². The molecule has 2 aromatic rings. The van der Waals surface area contributed by atoms with Crippen LogP contribution >= 0.6 is 35.0 Å². The second-order valence-corrected chi connectivity index (χ2v) is 5.24. The molecule has 0 aliphatic rings. The highest BCUT2D eigenvalue weighted by molar-refractivity contribution is 7.99. The van der Waals surface area contributed by atoms with Crippen molar-refractivity contribution in [3.63, 3.8) is 0 Å². The van der Waals surface area contributed by atoms with Gasteiger partial charge in [0.05, 0.1) is 10.6 Å². The van der Waals surface area contributed by atoms with Crippen molar-refractivity contribution in [1.82, 2.24) is 0 Å². The van der Waals surface area contributed by atoms with Crippen molar-refractivity contribution in [2.45, 2.75) is 9.79 Å². The highest BCUT2D eigenvalue weighted by atomic mass is 35.5. The van der Waals surface area contributed by atoms with E-state index in [0.29, 0.717) is 15.6 Å². The summed E-state index contributed by atoms with van der Waals surface area (Å²) in [5.74, 6) is 0. The van der Waals surface area contributed by atoms with Gasteiger partial charge in [0.15, 0.2) is 0 Å². The van der Waals surface area contributed by atoms with Crippen LogP contribution in [0.2, 0.25) is 10.0 Å². The summed E-state index contributed by atoms with van der Waals surface area (Å²) in [7, 11) is 0. The minimum absolute atomic E-state index is 0.472. The molecule has 0 unspecified atom stereocenters. The van der Waals surface area contributed by atoms with Gasteiger partial charge in [0.1, 0.15) is 6.07 Å². The average molecular weight is 280 g/mol. The number of benzene rings is 2. The van der Waals surface area contributed by atoms with Crippen LogP contribution in [0.5, 0.6) is 0 Å². The number of halogens is 2. The van der Waals surface area contributed by atoms with E-state index in [9.17, 15) is 0 Å². The van der Waals surface area contributed by atoms with E-state index in [1.807, 2.05) is 36.4 Å². The van der Waals surface area contributed by atoms with E-state index in [1.54, 1.807) is 6.07 Å². The van der Waals surface area contributed by atoms with Crippen LogP contribution in [0.15, 0.2) is 52.3 Å². The SMILES string of the molecule is N#Cc1c(Cl)cccc1Sc1cccc(Cl)c1. The Morgan fingerprint density at radius 1 is 1.06 bits per heavy atom. The fraction of sp³-hybridized carbons (Fsp3) is 0. The maximum atomic E-state index is 9.06. The van der Waals surface area contributed by atoms with Crippen LogP contribution in [-0.4, -0.2) is 0 Å². The normalized spacial score (nSPS) is 9.94. The fourth-order valence-corrected chi connectivity index (χ4v) is 2.87. The standard InChI is InChI=1S/C13H7Cl2NS/c14-9-3-1-4-10(7-9)17-13-6-2-5-12(15)11(13)8-16/h1-7H. The highest BCUT2D eigenvalue weighted by Crippen LogP contribution is 2.34. The van der Waals surface area contributed by atoms with Crippen LogP contribution in [-0.2, 0) is 0 Å². The molecule has 0 aromatic heterocycles. The van der Waals surface area contributed by atoms with Gasteiger partial charge >= 0.3 is 0 Å². The Hall–Kier alpha value is -1.14. The van der Waals surface area contributed by atoms with Gasteiger partial charge in [0.2, 0.25) is 0 Å². The molecule has 0 saturated carbocycles. The van der Waals surface area contributed by atoms with E-state index in [4.69, 9.17) is 28.5 Å². The molecule has 2 aromatic carbocycles. The molecular formula is C13H7Cl2NS. The van der Waals surface area contributed by atoms with E-state index in [1.165, 1.54) is 11.8 Å². The van der Waals surface area contributed by atoms with Crippen LogP contribution in [0.4, 0.5) is 0 Å². The zero-order valence-electron chi connectivity index (χ0n) is 8.65. The first-order chi connectivity index (χ1) is 8.20. The van der Waals surface area contributed by atoms with E-state index in [2.05, 4.69) is 6.07 Å². The van der Waals surface area contributed by atoms with Crippen LogP contribution in [0.3, 0.4) is 0 Å². The first-order valence-corrected chi connectivity index (χ1v) is 6.40. The summed E-state index contributed by atoms with van der Waals surface area (Å²) in [6.07, 6.45) is 0. The van der Waals surface area contributed by atoms with E-state index in [-0.39, 0.29) is 0 Å². The maximum absolute atomic E-state index is 9.06. The molecule has 17 heavy (non-hydrogen) atoms. The van der Waals surface area contributed by atoms with Gasteiger partial charge in [-0.05, 0) is 30.3 Å². The Balaban J connectivity index is 2.37. The van der Waals surface area contributed by atoms with Gasteiger partial charge in [-0.1, -0.05) is 47.1 Å². The minimum atomic E-state index is 0.472. The summed E-state index contributed by atoms with van der Waals surface area (Å²) in [5, 5.41) is 10.2. The van der Waals surface area contributed by atoms with Crippen LogP contribution in [0.1, 0.15) is 5.56 Å². The van der Waals surface area contributed by atoms with Gasteiger partial charge in [-0.25, -0.2) is 0 Å². The lowest BCUT2D eigenvalue weighted by Crippen LogP contribution is -1.82. The smallest absolute Gasteiger partial charge is 0.102 e. The molecular weight excluding hydrogens is 273 g/mol. The lowest BCUT2D eigenvalue weighted by atomic mass is 10.2. The third-order valence-corrected chi connectivity index (χ3v) is 3.71. The molecule has 0 N–H and O–H groups in total. The molecule has 84 valence electrons. The molecule has 1 nitrogen and oxygen atoms in total. The molecule has 0 bridgehead atoms. The lowest BCUT2D eigenvalue weighted by Gasteiger charge is -2.05. The van der Waals surface area contributed by atoms with Crippen LogP contribution in [0, 0.1) is 11.3 Å². The van der Waals surface area contributed by atoms with Crippen molar-refractivity contribution in [2.75, 3.05) is 0 Å². The summed E-state index contributed by atoms with van der Waals surface area (Å²) >= 11 is 13.4. The highest BCUT2D eigenvalue weighted by Gasteiger charge is 2.07. The van der Waals surface area contributed by atoms with E-state index >= 15 is 0 Å². The quantitative estimate of drug-likeness (QED) is 0.771. The Morgan fingerprint density at radius 2 is 1.82 bits per heavy atom. The molecule has 0 radical (unpaired) electrons.